The summed E-state index contributed by atoms with van der Waals surface area (Å²) in [6, 6.07) is 8.33. The molecule has 3 heterocycles. The van der Waals surface area contributed by atoms with Crippen LogP contribution in [0.25, 0.3) is 11.2 Å². The van der Waals surface area contributed by atoms with Crippen LogP contribution in [0, 0.1) is 12.8 Å². The number of hydrogen-bond acceptors (Lipinski definition) is 4. The van der Waals surface area contributed by atoms with Crippen LogP contribution in [0.15, 0.2) is 33.9 Å². The zero-order chi connectivity index (χ0) is 22.8. The van der Waals surface area contributed by atoms with Gasteiger partial charge in [-0.05, 0) is 37.0 Å². The Morgan fingerprint density at radius 2 is 1.81 bits per heavy atom. The SMILES string of the molecule is CCCCCCCCn1c(=O)c2c(nc3n2C[C@@H](C)CN3c2cccc(C)c2)n(C)c1=O. The molecule has 0 N–H and O–H groups in total. The van der Waals surface area contributed by atoms with E-state index in [1.54, 1.807) is 7.05 Å². The molecule has 2 aromatic heterocycles. The third-order valence-corrected chi connectivity index (χ3v) is 6.49. The lowest BCUT2D eigenvalue weighted by Gasteiger charge is -2.33. The standard InChI is InChI=1S/C25H35N5O2/c1-5-6-7-8-9-10-14-28-23(31)21-22(27(4)25(28)32)26-24-29(16-19(3)17-30(21)24)20-13-11-12-18(2)15-20/h11-13,15,19H,5-10,14,16-17H2,1-4H3/t19-/m0/s1. The molecule has 3 aromatic rings. The van der Waals surface area contributed by atoms with E-state index < -0.39 is 0 Å². The lowest BCUT2D eigenvalue weighted by molar-refractivity contribution is 0.457. The minimum atomic E-state index is -0.276. The average molecular weight is 438 g/mol. The van der Waals surface area contributed by atoms with Crippen molar-refractivity contribution in [2.45, 2.75) is 72.4 Å². The summed E-state index contributed by atoms with van der Waals surface area (Å²) in [5.41, 5.74) is 2.76. The molecule has 0 unspecified atom stereocenters. The van der Waals surface area contributed by atoms with Crippen LogP contribution >= 0.6 is 0 Å². The lowest BCUT2D eigenvalue weighted by atomic mass is 10.1. The number of benzene rings is 1. The molecule has 0 fully saturated rings. The van der Waals surface area contributed by atoms with Crippen LogP contribution in [0.2, 0.25) is 0 Å². The topological polar surface area (TPSA) is 65.1 Å². The van der Waals surface area contributed by atoms with E-state index in [-0.39, 0.29) is 11.2 Å². The summed E-state index contributed by atoms with van der Waals surface area (Å²) in [5.74, 6) is 1.09. The molecule has 0 amide bonds. The lowest BCUT2D eigenvalue weighted by Crippen LogP contribution is -2.40. The van der Waals surface area contributed by atoms with Crippen LogP contribution in [-0.2, 0) is 20.1 Å². The van der Waals surface area contributed by atoms with Gasteiger partial charge in [0, 0.05) is 32.4 Å². The van der Waals surface area contributed by atoms with Gasteiger partial charge in [-0.15, -0.1) is 0 Å². The molecule has 32 heavy (non-hydrogen) atoms. The summed E-state index contributed by atoms with van der Waals surface area (Å²) in [6.45, 7) is 8.47. The van der Waals surface area contributed by atoms with Crippen LogP contribution < -0.4 is 16.1 Å². The molecule has 0 aliphatic carbocycles. The molecule has 172 valence electrons. The number of hydrogen-bond donors (Lipinski definition) is 0. The molecule has 0 bridgehead atoms. The van der Waals surface area contributed by atoms with Gasteiger partial charge >= 0.3 is 5.69 Å². The first-order valence-corrected chi connectivity index (χ1v) is 12.0. The molecule has 0 spiro atoms. The molecule has 0 saturated heterocycles. The summed E-state index contributed by atoms with van der Waals surface area (Å²) >= 11 is 0. The van der Waals surface area contributed by atoms with Crippen molar-refractivity contribution in [3.8, 4) is 0 Å². The average Bonchev–Trinajstić information content (AvgIpc) is 3.15. The van der Waals surface area contributed by atoms with Crippen molar-refractivity contribution in [1.29, 1.82) is 0 Å². The van der Waals surface area contributed by atoms with Crippen molar-refractivity contribution in [2.75, 3.05) is 11.4 Å². The van der Waals surface area contributed by atoms with E-state index in [2.05, 4.69) is 43.9 Å². The highest BCUT2D eigenvalue weighted by Crippen LogP contribution is 2.33. The van der Waals surface area contributed by atoms with Gasteiger partial charge in [-0.25, -0.2) is 4.79 Å². The predicted octanol–water partition coefficient (Wildman–Crippen LogP) is 4.35. The summed E-state index contributed by atoms with van der Waals surface area (Å²) < 4.78 is 4.97. The van der Waals surface area contributed by atoms with Gasteiger partial charge < -0.3 is 9.47 Å². The van der Waals surface area contributed by atoms with Crippen molar-refractivity contribution < 1.29 is 0 Å². The number of imidazole rings is 1. The quantitative estimate of drug-likeness (QED) is 0.492. The molecule has 1 aromatic carbocycles. The molecular weight excluding hydrogens is 402 g/mol. The number of rotatable bonds is 8. The van der Waals surface area contributed by atoms with E-state index in [0.717, 1.165) is 44.0 Å². The Morgan fingerprint density at radius 3 is 2.56 bits per heavy atom. The van der Waals surface area contributed by atoms with Gasteiger partial charge in [-0.2, -0.15) is 4.98 Å². The van der Waals surface area contributed by atoms with Gasteiger partial charge in [0.25, 0.3) is 5.56 Å². The van der Waals surface area contributed by atoms with E-state index in [4.69, 9.17) is 4.98 Å². The molecule has 0 saturated carbocycles. The second-order valence-corrected chi connectivity index (χ2v) is 9.32. The Morgan fingerprint density at radius 1 is 1.06 bits per heavy atom. The van der Waals surface area contributed by atoms with E-state index in [9.17, 15) is 9.59 Å². The fourth-order valence-corrected chi connectivity index (χ4v) is 4.77. The minimum absolute atomic E-state index is 0.214. The molecule has 7 heteroatoms. The van der Waals surface area contributed by atoms with Gasteiger partial charge in [0.15, 0.2) is 11.2 Å². The smallest absolute Gasteiger partial charge is 0.312 e. The minimum Gasteiger partial charge on any atom is -0.312 e. The maximum absolute atomic E-state index is 13.5. The molecule has 1 aliphatic rings. The summed E-state index contributed by atoms with van der Waals surface area (Å²) in [4.78, 5) is 33.5. The Hall–Kier alpha value is -2.83. The van der Waals surface area contributed by atoms with E-state index in [1.807, 2.05) is 10.6 Å². The van der Waals surface area contributed by atoms with Crippen LogP contribution in [0.5, 0.6) is 0 Å². The predicted molar refractivity (Wildman–Crippen MR) is 130 cm³/mol. The molecule has 0 radical (unpaired) electrons. The first-order valence-electron chi connectivity index (χ1n) is 12.0. The highest BCUT2D eigenvalue weighted by Gasteiger charge is 2.29. The van der Waals surface area contributed by atoms with Crippen molar-refractivity contribution in [3.05, 3.63) is 50.7 Å². The number of aryl methyl sites for hydroxylation is 2. The zero-order valence-corrected chi connectivity index (χ0v) is 19.8. The van der Waals surface area contributed by atoms with Crippen LogP contribution in [0.4, 0.5) is 11.6 Å². The molecule has 4 rings (SSSR count). The Bertz CT molecular complexity index is 1220. The van der Waals surface area contributed by atoms with Crippen LogP contribution in [-0.4, -0.2) is 25.2 Å². The maximum Gasteiger partial charge on any atom is 0.332 e. The fraction of sp³-hybridized carbons (Fsp3) is 0.560. The van der Waals surface area contributed by atoms with Crippen molar-refractivity contribution in [1.82, 2.24) is 18.7 Å². The van der Waals surface area contributed by atoms with Crippen LogP contribution in [0.3, 0.4) is 0 Å². The normalized spacial score (nSPS) is 16.0. The van der Waals surface area contributed by atoms with Crippen LogP contribution in [0.1, 0.15) is 57.9 Å². The van der Waals surface area contributed by atoms with Crippen molar-refractivity contribution in [3.63, 3.8) is 0 Å². The molecule has 1 aliphatic heterocycles. The van der Waals surface area contributed by atoms with Gasteiger partial charge in [-0.3, -0.25) is 13.9 Å². The summed E-state index contributed by atoms with van der Waals surface area (Å²) in [5, 5.41) is 0. The first kappa shape index (κ1) is 22.4. The van der Waals surface area contributed by atoms with Crippen molar-refractivity contribution >= 4 is 22.8 Å². The summed E-state index contributed by atoms with van der Waals surface area (Å²) in [7, 11) is 1.72. The van der Waals surface area contributed by atoms with E-state index in [1.165, 1.54) is 34.0 Å². The van der Waals surface area contributed by atoms with Gasteiger partial charge in [0.05, 0.1) is 0 Å². The Kier molecular flexibility index (Phi) is 6.53. The van der Waals surface area contributed by atoms with Gasteiger partial charge in [0.1, 0.15) is 0 Å². The fourth-order valence-electron chi connectivity index (χ4n) is 4.77. The van der Waals surface area contributed by atoms with E-state index in [0.29, 0.717) is 23.6 Å². The van der Waals surface area contributed by atoms with Gasteiger partial charge in [0.2, 0.25) is 5.95 Å². The highest BCUT2D eigenvalue weighted by atomic mass is 16.2. The number of anilines is 2. The number of nitrogens with zero attached hydrogens (tertiary/aromatic N) is 5. The molecule has 1 atom stereocenters. The third-order valence-electron chi connectivity index (χ3n) is 6.49. The molecule has 7 nitrogen and oxygen atoms in total. The highest BCUT2D eigenvalue weighted by molar-refractivity contribution is 5.77. The molecular formula is C25H35N5O2. The Balaban J connectivity index is 1.74. The van der Waals surface area contributed by atoms with Crippen molar-refractivity contribution in [2.24, 2.45) is 13.0 Å². The first-order chi connectivity index (χ1) is 15.4. The van der Waals surface area contributed by atoms with E-state index >= 15 is 0 Å². The maximum atomic E-state index is 13.5. The third kappa shape index (κ3) is 4.12. The van der Waals surface area contributed by atoms with Gasteiger partial charge in [-0.1, -0.05) is 58.1 Å². The summed E-state index contributed by atoms with van der Waals surface area (Å²) in [6.07, 6.45) is 6.70. The largest absolute Gasteiger partial charge is 0.332 e. The second kappa shape index (κ2) is 9.35. The number of aromatic nitrogens is 4. The Labute approximate surface area is 189 Å². The number of fused-ring (bicyclic) bond motifs is 3. The zero-order valence-electron chi connectivity index (χ0n) is 19.8. The number of unbranched alkanes of at least 4 members (excludes halogenated alkanes) is 5. The second-order valence-electron chi connectivity index (χ2n) is 9.32. The monoisotopic (exact) mass is 437 g/mol.